The number of carbonyl (C=O) groups excluding carboxylic acids is 1. The van der Waals surface area contributed by atoms with Crippen LogP contribution in [-0.2, 0) is 20.9 Å². The minimum absolute atomic E-state index is 0.272. The fraction of sp³-hybridized carbons (Fsp3) is 0.308. The van der Waals surface area contributed by atoms with Gasteiger partial charge in [-0.2, -0.15) is 0 Å². The van der Waals surface area contributed by atoms with E-state index in [1.54, 1.807) is 0 Å². The summed E-state index contributed by atoms with van der Waals surface area (Å²) in [4.78, 5) is 33.9. The lowest BCUT2D eigenvalue weighted by atomic mass is 10.2. The first-order chi connectivity index (χ1) is 9.47. The van der Waals surface area contributed by atoms with Gasteiger partial charge in [0.15, 0.2) is 0 Å². The van der Waals surface area contributed by atoms with Crippen molar-refractivity contribution in [3.05, 3.63) is 35.9 Å². The summed E-state index contributed by atoms with van der Waals surface area (Å²) < 4.78 is 0. The van der Waals surface area contributed by atoms with E-state index in [4.69, 9.17) is 10.2 Å². The maximum Gasteiger partial charge on any atom is 0.317 e. The Morgan fingerprint density at radius 1 is 0.950 bits per heavy atom. The lowest BCUT2D eigenvalue weighted by Crippen LogP contribution is -2.42. The molecular formula is C13H16N2O5. The van der Waals surface area contributed by atoms with Crippen LogP contribution in [0, 0.1) is 0 Å². The summed E-state index contributed by atoms with van der Waals surface area (Å²) in [6.45, 7) is -0.949. The van der Waals surface area contributed by atoms with Crippen LogP contribution in [0.15, 0.2) is 30.3 Å². The molecule has 1 aromatic rings. The van der Waals surface area contributed by atoms with Gasteiger partial charge in [-0.05, 0) is 5.56 Å². The van der Waals surface area contributed by atoms with Crippen molar-refractivity contribution in [2.75, 3.05) is 19.6 Å². The van der Waals surface area contributed by atoms with Crippen molar-refractivity contribution < 1.29 is 24.6 Å². The Morgan fingerprint density at radius 3 is 2.00 bits per heavy atom. The van der Waals surface area contributed by atoms with Crippen molar-refractivity contribution >= 4 is 17.8 Å². The van der Waals surface area contributed by atoms with E-state index in [1.807, 2.05) is 30.3 Å². The Morgan fingerprint density at radius 2 is 1.50 bits per heavy atom. The van der Waals surface area contributed by atoms with Crippen molar-refractivity contribution in [2.45, 2.75) is 6.54 Å². The molecule has 0 spiro atoms. The van der Waals surface area contributed by atoms with Crippen LogP contribution >= 0.6 is 0 Å². The number of carboxylic acids is 2. The second-order valence-electron chi connectivity index (χ2n) is 4.19. The van der Waals surface area contributed by atoms with E-state index in [9.17, 15) is 14.4 Å². The molecule has 0 saturated heterocycles. The molecule has 7 nitrogen and oxygen atoms in total. The SMILES string of the molecule is O=C(O)CN(CC(=O)O)CC(=O)NCc1ccccc1. The average Bonchev–Trinajstić information content (AvgIpc) is 2.36. The molecule has 7 heteroatoms. The molecule has 0 fully saturated rings. The summed E-state index contributed by atoms with van der Waals surface area (Å²) >= 11 is 0. The third kappa shape index (κ3) is 6.50. The Labute approximate surface area is 115 Å². The lowest BCUT2D eigenvalue weighted by Gasteiger charge is -2.17. The van der Waals surface area contributed by atoms with Crippen molar-refractivity contribution in [1.82, 2.24) is 10.2 Å². The van der Waals surface area contributed by atoms with Crippen LogP contribution in [0.4, 0.5) is 0 Å². The second kappa shape index (κ2) is 7.90. The predicted molar refractivity (Wildman–Crippen MR) is 70.0 cm³/mol. The topological polar surface area (TPSA) is 107 Å². The number of carbonyl (C=O) groups is 3. The van der Waals surface area contributed by atoms with Crippen LogP contribution < -0.4 is 5.32 Å². The Bertz CT molecular complexity index is 459. The van der Waals surface area contributed by atoms with E-state index in [0.29, 0.717) is 6.54 Å². The van der Waals surface area contributed by atoms with Gasteiger partial charge in [0.05, 0.1) is 19.6 Å². The highest BCUT2D eigenvalue weighted by Crippen LogP contribution is 1.97. The molecule has 1 amide bonds. The number of hydrogen-bond donors (Lipinski definition) is 3. The highest BCUT2D eigenvalue weighted by Gasteiger charge is 2.16. The van der Waals surface area contributed by atoms with Crippen molar-refractivity contribution in [3.63, 3.8) is 0 Å². The smallest absolute Gasteiger partial charge is 0.317 e. The number of aliphatic carboxylic acids is 2. The Hall–Kier alpha value is -2.41. The van der Waals surface area contributed by atoms with Gasteiger partial charge in [-0.25, -0.2) is 0 Å². The molecule has 0 radical (unpaired) electrons. The van der Waals surface area contributed by atoms with Gasteiger partial charge in [0, 0.05) is 6.54 Å². The number of amides is 1. The van der Waals surface area contributed by atoms with Crippen LogP contribution in [0.1, 0.15) is 5.56 Å². The third-order valence-corrected chi connectivity index (χ3v) is 2.42. The predicted octanol–water partition coefficient (Wildman–Crippen LogP) is -0.226. The molecule has 1 aromatic carbocycles. The van der Waals surface area contributed by atoms with E-state index < -0.39 is 30.9 Å². The molecule has 0 saturated carbocycles. The first-order valence-electron chi connectivity index (χ1n) is 5.94. The zero-order chi connectivity index (χ0) is 15.0. The maximum absolute atomic E-state index is 11.7. The van der Waals surface area contributed by atoms with Gasteiger partial charge in [-0.3, -0.25) is 19.3 Å². The molecule has 0 aliphatic carbocycles. The van der Waals surface area contributed by atoms with Crippen LogP contribution in [0.25, 0.3) is 0 Å². The molecular weight excluding hydrogens is 264 g/mol. The molecule has 3 N–H and O–H groups in total. The van der Waals surface area contributed by atoms with E-state index >= 15 is 0 Å². The molecule has 0 heterocycles. The van der Waals surface area contributed by atoms with Crippen LogP contribution in [-0.4, -0.2) is 52.6 Å². The number of nitrogens with one attached hydrogen (secondary N) is 1. The quantitative estimate of drug-likeness (QED) is 0.607. The van der Waals surface area contributed by atoms with E-state index in [0.717, 1.165) is 10.5 Å². The van der Waals surface area contributed by atoms with Gasteiger partial charge in [0.25, 0.3) is 0 Å². The number of rotatable bonds is 8. The minimum Gasteiger partial charge on any atom is -0.480 e. The molecule has 1 rings (SSSR count). The first kappa shape index (κ1) is 15.6. The highest BCUT2D eigenvalue weighted by atomic mass is 16.4. The summed E-state index contributed by atoms with van der Waals surface area (Å²) in [7, 11) is 0. The summed E-state index contributed by atoms with van der Waals surface area (Å²) in [5.41, 5.74) is 0.906. The van der Waals surface area contributed by atoms with Crippen molar-refractivity contribution in [2.24, 2.45) is 0 Å². The number of hydrogen-bond acceptors (Lipinski definition) is 4. The lowest BCUT2D eigenvalue weighted by molar-refractivity contribution is -0.142. The average molecular weight is 280 g/mol. The second-order valence-corrected chi connectivity index (χ2v) is 4.19. The fourth-order valence-corrected chi connectivity index (χ4v) is 1.61. The minimum atomic E-state index is -1.18. The normalized spacial score (nSPS) is 10.2. The van der Waals surface area contributed by atoms with Crippen molar-refractivity contribution in [3.8, 4) is 0 Å². The van der Waals surface area contributed by atoms with Gasteiger partial charge in [0.2, 0.25) is 5.91 Å². The Balaban J connectivity index is 2.44. The number of benzene rings is 1. The summed E-state index contributed by atoms with van der Waals surface area (Å²) in [5.74, 6) is -2.78. The molecule has 0 bridgehead atoms. The summed E-state index contributed by atoms with van der Waals surface area (Å²) in [5, 5.41) is 19.9. The standard InChI is InChI=1S/C13H16N2O5/c16-11(14-6-10-4-2-1-3-5-10)7-15(8-12(17)18)9-13(19)20/h1-5H,6-9H2,(H,14,16)(H,17,18)(H,19,20). The van der Waals surface area contributed by atoms with Gasteiger partial charge < -0.3 is 15.5 Å². The highest BCUT2D eigenvalue weighted by molar-refractivity contribution is 5.80. The van der Waals surface area contributed by atoms with E-state index in [2.05, 4.69) is 5.32 Å². The monoisotopic (exact) mass is 280 g/mol. The largest absolute Gasteiger partial charge is 0.480 e. The number of nitrogens with zero attached hydrogens (tertiary/aromatic N) is 1. The fourth-order valence-electron chi connectivity index (χ4n) is 1.61. The maximum atomic E-state index is 11.7. The van der Waals surface area contributed by atoms with Gasteiger partial charge in [0.1, 0.15) is 0 Å². The van der Waals surface area contributed by atoms with E-state index in [1.165, 1.54) is 0 Å². The van der Waals surface area contributed by atoms with E-state index in [-0.39, 0.29) is 6.54 Å². The van der Waals surface area contributed by atoms with Crippen molar-refractivity contribution in [1.29, 1.82) is 0 Å². The Kier molecular flexibility index (Phi) is 6.18. The van der Waals surface area contributed by atoms with Gasteiger partial charge >= 0.3 is 11.9 Å². The molecule has 0 atom stereocenters. The summed E-state index contributed by atoms with van der Waals surface area (Å²) in [6, 6.07) is 9.21. The molecule has 0 aliphatic heterocycles. The molecule has 108 valence electrons. The van der Waals surface area contributed by atoms with Crippen LogP contribution in [0.3, 0.4) is 0 Å². The zero-order valence-electron chi connectivity index (χ0n) is 10.8. The molecule has 0 unspecified atom stereocenters. The molecule has 0 aliphatic rings. The molecule has 0 aromatic heterocycles. The van der Waals surface area contributed by atoms with Gasteiger partial charge in [-0.15, -0.1) is 0 Å². The molecule has 20 heavy (non-hydrogen) atoms. The zero-order valence-corrected chi connectivity index (χ0v) is 10.8. The summed E-state index contributed by atoms with van der Waals surface area (Å²) in [6.07, 6.45) is 0. The third-order valence-electron chi connectivity index (χ3n) is 2.42. The first-order valence-corrected chi connectivity index (χ1v) is 5.94. The number of carboxylic acid groups (broad SMARTS) is 2. The van der Waals surface area contributed by atoms with Crippen LogP contribution in [0.5, 0.6) is 0 Å². The van der Waals surface area contributed by atoms with Gasteiger partial charge in [-0.1, -0.05) is 30.3 Å². The van der Waals surface area contributed by atoms with Crippen LogP contribution in [0.2, 0.25) is 0 Å².